The van der Waals surface area contributed by atoms with Gasteiger partial charge in [0.05, 0.1) is 4.92 Å². The number of nitro benzene ring substituents is 1. The van der Waals surface area contributed by atoms with Crippen LogP contribution in [0.4, 0.5) is 5.69 Å². The molecule has 0 aromatic heterocycles. The van der Waals surface area contributed by atoms with Crippen LogP contribution in [0, 0.1) is 27.9 Å². The first-order valence-electron chi connectivity index (χ1n) is 7.21. The van der Waals surface area contributed by atoms with Crippen molar-refractivity contribution in [2.75, 3.05) is 0 Å². The molecule has 0 heterocycles. The standard InChI is InChI=1S/C15H17N3O3/c19-15(11-3-5-14(6-4-11)18(20)21)17-16-9-13-8-10-1-2-12(13)7-10/h3-6,9-10,12-13H,1-2,7-8H2,(H,17,19)/b16-9-/t10-,12+,13+/m0/s1. The lowest BCUT2D eigenvalue weighted by molar-refractivity contribution is -0.384. The Morgan fingerprint density at radius 2 is 2.05 bits per heavy atom. The second-order valence-electron chi connectivity index (χ2n) is 5.86. The molecule has 1 aromatic carbocycles. The van der Waals surface area contributed by atoms with Crippen molar-refractivity contribution in [3.05, 3.63) is 39.9 Å². The van der Waals surface area contributed by atoms with Gasteiger partial charge >= 0.3 is 0 Å². The summed E-state index contributed by atoms with van der Waals surface area (Å²) in [6, 6.07) is 5.49. The van der Waals surface area contributed by atoms with Crippen LogP contribution in [0.2, 0.25) is 0 Å². The van der Waals surface area contributed by atoms with Crippen LogP contribution in [0.15, 0.2) is 29.4 Å². The highest BCUT2D eigenvalue weighted by atomic mass is 16.6. The molecule has 0 radical (unpaired) electrons. The highest BCUT2D eigenvalue weighted by Gasteiger charge is 2.38. The Labute approximate surface area is 122 Å². The Morgan fingerprint density at radius 3 is 2.62 bits per heavy atom. The summed E-state index contributed by atoms with van der Waals surface area (Å²) >= 11 is 0. The van der Waals surface area contributed by atoms with Gasteiger partial charge < -0.3 is 0 Å². The molecule has 2 saturated carbocycles. The van der Waals surface area contributed by atoms with E-state index in [2.05, 4.69) is 10.5 Å². The first kappa shape index (κ1) is 13.7. The molecule has 1 N–H and O–H groups in total. The van der Waals surface area contributed by atoms with Crippen LogP contribution in [0.1, 0.15) is 36.0 Å². The average molecular weight is 287 g/mol. The fourth-order valence-corrected chi connectivity index (χ4v) is 3.47. The summed E-state index contributed by atoms with van der Waals surface area (Å²) in [5.41, 5.74) is 2.83. The van der Waals surface area contributed by atoms with Gasteiger partial charge in [0.1, 0.15) is 0 Å². The number of hydrogen-bond acceptors (Lipinski definition) is 4. The van der Waals surface area contributed by atoms with Gasteiger partial charge in [-0.3, -0.25) is 14.9 Å². The van der Waals surface area contributed by atoms with E-state index in [0.717, 1.165) is 11.8 Å². The number of amides is 1. The molecule has 21 heavy (non-hydrogen) atoms. The van der Waals surface area contributed by atoms with Crippen molar-refractivity contribution in [2.24, 2.45) is 22.9 Å². The molecule has 6 nitrogen and oxygen atoms in total. The van der Waals surface area contributed by atoms with Crippen molar-refractivity contribution in [1.82, 2.24) is 5.43 Å². The molecule has 2 aliphatic rings. The molecule has 1 amide bonds. The molecule has 2 aliphatic carbocycles. The summed E-state index contributed by atoms with van der Waals surface area (Å²) < 4.78 is 0. The maximum atomic E-state index is 11.9. The normalized spacial score (nSPS) is 27.1. The second kappa shape index (κ2) is 5.63. The Balaban J connectivity index is 1.55. The summed E-state index contributed by atoms with van der Waals surface area (Å²) in [7, 11) is 0. The number of non-ortho nitro benzene ring substituents is 1. The van der Waals surface area contributed by atoms with E-state index in [1.54, 1.807) is 0 Å². The average Bonchev–Trinajstić information content (AvgIpc) is 3.10. The van der Waals surface area contributed by atoms with Gasteiger partial charge in [-0.15, -0.1) is 0 Å². The number of benzene rings is 1. The predicted molar refractivity (Wildman–Crippen MR) is 78.0 cm³/mol. The fraction of sp³-hybridized carbons (Fsp3) is 0.467. The third-order valence-electron chi connectivity index (χ3n) is 4.57. The van der Waals surface area contributed by atoms with Gasteiger partial charge in [-0.25, -0.2) is 5.43 Å². The molecule has 2 fully saturated rings. The molecule has 3 rings (SSSR count). The molecule has 110 valence electrons. The van der Waals surface area contributed by atoms with Crippen LogP contribution < -0.4 is 5.43 Å². The summed E-state index contributed by atoms with van der Waals surface area (Å²) in [6.45, 7) is 0. The summed E-state index contributed by atoms with van der Waals surface area (Å²) in [4.78, 5) is 21.9. The van der Waals surface area contributed by atoms with Crippen LogP contribution in [-0.4, -0.2) is 17.0 Å². The van der Waals surface area contributed by atoms with E-state index >= 15 is 0 Å². The lowest BCUT2D eigenvalue weighted by Gasteiger charge is -2.16. The lowest BCUT2D eigenvalue weighted by Crippen LogP contribution is -2.20. The summed E-state index contributed by atoms with van der Waals surface area (Å²) in [5, 5.41) is 14.6. The first-order valence-corrected chi connectivity index (χ1v) is 7.21. The highest BCUT2D eigenvalue weighted by Crippen LogP contribution is 2.47. The zero-order valence-corrected chi connectivity index (χ0v) is 11.6. The van der Waals surface area contributed by atoms with Gasteiger partial charge in [0.15, 0.2) is 0 Å². The number of rotatable bonds is 4. The molecule has 0 spiro atoms. The molecule has 0 unspecified atom stereocenters. The Morgan fingerprint density at radius 1 is 1.29 bits per heavy atom. The number of carbonyl (C=O) groups excluding carboxylic acids is 1. The maximum Gasteiger partial charge on any atom is 0.271 e. The fourth-order valence-electron chi connectivity index (χ4n) is 3.47. The third-order valence-corrected chi connectivity index (χ3v) is 4.57. The van der Waals surface area contributed by atoms with Crippen molar-refractivity contribution in [1.29, 1.82) is 0 Å². The second-order valence-corrected chi connectivity index (χ2v) is 5.86. The summed E-state index contributed by atoms with van der Waals surface area (Å²) in [5.74, 6) is 1.72. The minimum absolute atomic E-state index is 0.0305. The first-order chi connectivity index (χ1) is 10.1. The van der Waals surface area contributed by atoms with Gasteiger partial charge in [-0.05, 0) is 49.1 Å². The van der Waals surface area contributed by atoms with E-state index in [-0.39, 0.29) is 11.6 Å². The Bertz CT molecular complexity index is 582. The van der Waals surface area contributed by atoms with Crippen LogP contribution >= 0.6 is 0 Å². The monoisotopic (exact) mass is 287 g/mol. The van der Waals surface area contributed by atoms with Crippen molar-refractivity contribution in [2.45, 2.75) is 25.7 Å². The molecule has 2 bridgehead atoms. The van der Waals surface area contributed by atoms with Crippen LogP contribution in [0.5, 0.6) is 0 Å². The Kier molecular flexibility index (Phi) is 3.68. The zero-order chi connectivity index (χ0) is 14.8. The topological polar surface area (TPSA) is 84.6 Å². The highest BCUT2D eigenvalue weighted by molar-refractivity contribution is 5.94. The summed E-state index contributed by atoms with van der Waals surface area (Å²) in [6.07, 6.45) is 6.95. The minimum atomic E-state index is -0.491. The van der Waals surface area contributed by atoms with Crippen molar-refractivity contribution in [3.8, 4) is 0 Å². The number of nitrogens with zero attached hydrogens (tertiary/aromatic N) is 2. The van der Waals surface area contributed by atoms with E-state index in [9.17, 15) is 14.9 Å². The van der Waals surface area contributed by atoms with Crippen molar-refractivity contribution < 1.29 is 9.72 Å². The van der Waals surface area contributed by atoms with E-state index in [1.165, 1.54) is 49.9 Å². The Hall–Kier alpha value is -2.24. The van der Waals surface area contributed by atoms with Gasteiger partial charge in [-0.2, -0.15) is 5.10 Å². The van der Waals surface area contributed by atoms with E-state index in [4.69, 9.17) is 0 Å². The molecule has 3 atom stereocenters. The van der Waals surface area contributed by atoms with Gasteiger partial charge in [0.25, 0.3) is 11.6 Å². The zero-order valence-electron chi connectivity index (χ0n) is 11.6. The van der Waals surface area contributed by atoms with E-state index in [1.807, 2.05) is 6.21 Å². The smallest absolute Gasteiger partial charge is 0.267 e. The molecule has 6 heteroatoms. The molecule has 0 aliphatic heterocycles. The van der Waals surface area contributed by atoms with E-state index in [0.29, 0.717) is 11.5 Å². The van der Waals surface area contributed by atoms with Crippen molar-refractivity contribution >= 4 is 17.8 Å². The third kappa shape index (κ3) is 2.94. The number of nitrogens with one attached hydrogen (secondary N) is 1. The number of carbonyl (C=O) groups is 1. The van der Waals surface area contributed by atoms with Crippen LogP contribution in [0.3, 0.4) is 0 Å². The minimum Gasteiger partial charge on any atom is -0.267 e. The molecular weight excluding hydrogens is 270 g/mol. The largest absolute Gasteiger partial charge is 0.271 e. The number of nitro groups is 1. The SMILES string of the molecule is O=C(N/N=C\[C@H]1C[C@H]2CC[C@@H]1C2)c1ccc([N+](=O)[O-])cc1. The number of fused-ring (bicyclic) bond motifs is 2. The van der Waals surface area contributed by atoms with Gasteiger partial charge in [-0.1, -0.05) is 6.42 Å². The maximum absolute atomic E-state index is 11.9. The molecular formula is C15H17N3O3. The van der Waals surface area contributed by atoms with Gasteiger partial charge in [0, 0.05) is 23.9 Å². The number of hydrazone groups is 1. The molecule has 1 aromatic rings. The van der Waals surface area contributed by atoms with Crippen LogP contribution in [0.25, 0.3) is 0 Å². The van der Waals surface area contributed by atoms with Crippen LogP contribution in [-0.2, 0) is 0 Å². The predicted octanol–water partition coefficient (Wildman–Crippen LogP) is 2.75. The quantitative estimate of drug-likeness (QED) is 0.525. The number of hydrogen-bond donors (Lipinski definition) is 1. The van der Waals surface area contributed by atoms with E-state index < -0.39 is 4.92 Å². The lowest BCUT2D eigenvalue weighted by atomic mass is 9.90. The van der Waals surface area contributed by atoms with Crippen molar-refractivity contribution in [3.63, 3.8) is 0 Å². The molecule has 0 saturated heterocycles. The van der Waals surface area contributed by atoms with Gasteiger partial charge in [0.2, 0.25) is 0 Å².